The van der Waals surface area contributed by atoms with Crippen molar-refractivity contribution in [3.63, 3.8) is 0 Å². The number of urea groups is 1. The van der Waals surface area contributed by atoms with Crippen molar-refractivity contribution in [3.8, 4) is 5.75 Å². The van der Waals surface area contributed by atoms with E-state index in [4.69, 9.17) is 9.47 Å². The summed E-state index contributed by atoms with van der Waals surface area (Å²) in [6.45, 7) is 0.715. The van der Waals surface area contributed by atoms with Crippen LogP contribution in [0.5, 0.6) is 5.75 Å². The topological polar surface area (TPSA) is 83.5 Å². The largest absolute Gasteiger partial charge is 0.497 e. The predicted octanol–water partition coefficient (Wildman–Crippen LogP) is 3.82. The maximum atomic E-state index is 12.9. The van der Waals surface area contributed by atoms with E-state index in [0.29, 0.717) is 5.75 Å². The SMILES string of the molecule is COc1cccc(CN2CCN3C(C(=O)Nc4cccc(C(F)(F)F)c4)=COC3=NC2=O)c1. The Morgan fingerprint density at radius 2 is 1.97 bits per heavy atom. The Kier molecular flexibility index (Phi) is 5.95. The molecule has 2 aliphatic heterocycles. The predicted molar refractivity (Wildman–Crippen MR) is 112 cm³/mol. The van der Waals surface area contributed by atoms with Gasteiger partial charge < -0.3 is 19.7 Å². The summed E-state index contributed by atoms with van der Waals surface area (Å²) in [6, 6.07) is 10.9. The number of rotatable bonds is 5. The van der Waals surface area contributed by atoms with E-state index in [2.05, 4.69) is 10.3 Å². The van der Waals surface area contributed by atoms with Gasteiger partial charge in [-0.15, -0.1) is 4.99 Å². The molecule has 0 bridgehead atoms. The first-order valence-corrected chi connectivity index (χ1v) is 9.88. The third-order valence-corrected chi connectivity index (χ3v) is 5.04. The Bertz CT molecular complexity index is 1150. The number of fused-ring (bicyclic) bond motifs is 1. The molecule has 4 rings (SSSR count). The molecular formula is C22H19F3N4O4. The molecule has 11 heteroatoms. The van der Waals surface area contributed by atoms with Gasteiger partial charge in [-0.3, -0.25) is 9.69 Å². The zero-order chi connectivity index (χ0) is 23.6. The summed E-state index contributed by atoms with van der Waals surface area (Å²) >= 11 is 0. The second kappa shape index (κ2) is 8.85. The summed E-state index contributed by atoms with van der Waals surface area (Å²) in [6.07, 6.45) is -3.42. The molecule has 0 saturated heterocycles. The van der Waals surface area contributed by atoms with Crippen LogP contribution in [0.3, 0.4) is 0 Å². The van der Waals surface area contributed by atoms with Crippen LogP contribution >= 0.6 is 0 Å². The fraction of sp³-hybridized carbons (Fsp3) is 0.227. The van der Waals surface area contributed by atoms with E-state index >= 15 is 0 Å². The second-order valence-corrected chi connectivity index (χ2v) is 7.26. The number of hydrogen-bond acceptors (Lipinski definition) is 5. The highest BCUT2D eigenvalue weighted by atomic mass is 19.4. The van der Waals surface area contributed by atoms with E-state index in [1.165, 1.54) is 21.9 Å². The van der Waals surface area contributed by atoms with Gasteiger partial charge in [-0.1, -0.05) is 18.2 Å². The van der Waals surface area contributed by atoms with Crippen molar-refractivity contribution in [2.24, 2.45) is 4.99 Å². The number of anilines is 1. The van der Waals surface area contributed by atoms with Crippen molar-refractivity contribution in [2.75, 3.05) is 25.5 Å². The summed E-state index contributed by atoms with van der Waals surface area (Å²) in [5.74, 6) is -0.0326. The number of benzene rings is 2. The first-order valence-electron chi connectivity index (χ1n) is 9.88. The van der Waals surface area contributed by atoms with Crippen molar-refractivity contribution in [3.05, 3.63) is 71.6 Å². The van der Waals surface area contributed by atoms with Gasteiger partial charge >= 0.3 is 18.2 Å². The Morgan fingerprint density at radius 1 is 1.18 bits per heavy atom. The fourth-order valence-electron chi connectivity index (χ4n) is 3.39. The minimum absolute atomic E-state index is 0.0216. The molecule has 0 aliphatic carbocycles. The highest BCUT2D eigenvalue weighted by molar-refractivity contribution is 6.08. The smallest absolute Gasteiger partial charge is 0.416 e. The first-order chi connectivity index (χ1) is 15.7. The van der Waals surface area contributed by atoms with Gasteiger partial charge in [-0.2, -0.15) is 13.2 Å². The quantitative estimate of drug-likeness (QED) is 0.734. The van der Waals surface area contributed by atoms with E-state index in [0.717, 1.165) is 24.0 Å². The number of ether oxygens (including phenoxy) is 2. The van der Waals surface area contributed by atoms with Crippen LogP contribution in [0.2, 0.25) is 0 Å². The number of amides is 3. The van der Waals surface area contributed by atoms with Crippen LogP contribution in [0.4, 0.5) is 23.7 Å². The molecule has 0 unspecified atom stereocenters. The minimum Gasteiger partial charge on any atom is -0.497 e. The summed E-state index contributed by atoms with van der Waals surface area (Å²) < 4.78 is 49.3. The number of nitrogens with zero attached hydrogens (tertiary/aromatic N) is 3. The molecule has 0 fully saturated rings. The molecule has 3 amide bonds. The number of methoxy groups -OCH3 is 1. The van der Waals surface area contributed by atoms with Crippen molar-refractivity contribution in [2.45, 2.75) is 12.7 Å². The maximum Gasteiger partial charge on any atom is 0.416 e. The highest BCUT2D eigenvalue weighted by Gasteiger charge is 2.34. The molecule has 2 aliphatic rings. The number of halogens is 3. The van der Waals surface area contributed by atoms with Crippen LogP contribution in [0.25, 0.3) is 0 Å². The normalized spacial score (nSPS) is 15.8. The zero-order valence-electron chi connectivity index (χ0n) is 17.4. The average Bonchev–Trinajstić information content (AvgIpc) is 3.11. The lowest BCUT2D eigenvalue weighted by Crippen LogP contribution is -2.36. The zero-order valence-corrected chi connectivity index (χ0v) is 17.4. The third kappa shape index (κ3) is 4.92. The van der Waals surface area contributed by atoms with Crippen LogP contribution in [0.15, 0.2) is 65.5 Å². The molecular weight excluding hydrogens is 441 g/mol. The van der Waals surface area contributed by atoms with Crippen LogP contribution in [-0.2, 0) is 22.3 Å². The molecule has 0 aromatic heterocycles. The monoisotopic (exact) mass is 460 g/mol. The number of amidine groups is 1. The molecule has 0 saturated carbocycles. The van der Waals surface area contributed by atoms with Crippen molar-refractivity contribution >= 4 is 23.6 Å². The van der Waals surface area contributed by atoms with Crippen LogP contribution in [0.1, 0.15) is 11.1 Å². The molecule has 0 atom stereocenters. The number of aliphatic imine (C=N–C) groups is 1. The van der Waals surface area contributed by atoms with E-state index < -0.39 is 23.7 Å². The molecule has 172 valence electrons. The van der Waals surface area contributed by atoms with Gasteiger partial charge in [0.05, 0.1) is 12.7 Å². The van der Waals surface area contributed by atoms with Crippen LogP contribution in [0, 0.1) is 0 Å². The number of hydrogen-bond donors (Lipinski definition) is 1. The van der Waals surface area contributed by atoms with Crippen molar-refractivity contribution in [1.29, 1.82) is 0 Å². The summed E-state index contributed by atoms with van der Waals surface area (Å²) in [7, 11) is 1.55. The fourth-order valence-corrected chi connectivity index (χ4v) is 3.39. The Labute approximate surface area is 186 Å². The minimum atomic E-state index is -4.53. The number of nitrogens with one attached hydrogen (secondary N) is 1. The molecule has 1 N–H and O–H groups in total. The van der Waals surface area contributed by atoms with Crippen molar-refractivity contribution < 1.29 is 32.2 Å². The van der Waals surface area contributed by atoms with Crippen LogP contribution < -0.4 is 10.1 Å². The second-order valence-electron chi connectivity index (χ2n) is 7.26. The number of carbonyl (C=O) groups is 2. The molecule has 0 radical (unpaired) electrons. The van der Waals surface area contributed by atoms with Gasteiger partial charge in [-0.05, 0) is 35.9 Å². The Morgan fingerprint density at radius 3 is 2.73 bits per heavy atom. The van der Waals surface area contributed by atoms with Gasteiger partial charge in [0.2, 0.25) is 0 Å². The van der Waals surface area contributed by atoms with Gasteiger partial charge in [0.1, 0.15) is 17.7 Å². The Hall–Kier alpha value is -4.02. The standard InChI is InChI=1S/C22H19F3N4O4/c1-32-17-7-2-4-14(10-17)12-28-8-9-29-18(13-33-21(29)27-20(28)31)19(30)26-16-6-3-5-15(11-16)22(23,24)25/h2-7,10-11,13H,8-9,12H2,1H3,(H,26,30). The molecule has 0 spiro atoms. The lowest BCUT2D eigenvalue weighted by Gasteiger charge is -2.21. The van der Waals surface area contributed by atoms with Gasteiger partial charge in [0.15, 0.2) is 0 Å². The van der Waals surface area contributed by atoms with E-state index in [-0.39, 0.29) is 37.0 Å². The highest BCUT2D eigenvalue weighted by Crippen LogP contribution is 2.31. The van der Waals surface area contributed by atoms with E-state index in [9.17, 15) is 22.8 Å². The lowest BCUT2D eigenvalue weighted by atomic mass is 10.2. The maximum absolute atomic E-state index is 12.9. The van der Waals surface area contributed by atoms with Gasteiger partial charge in [-0.25, -0.2) is 4.79 Å². The Balaban J connectivity index is 1.45. The van der Waals surface area contributed by atoms with Crippen molar-refractivity contribution in [1.82, 2.24) is 9.80 Å². The summed E-state index contributed by atoms with van der Waals surface area (Å²) in [5.41, 5.74) is -0.0365. The number of carbonyl (C=O) groups excluding carboxylic acids is 2. The average molecular weight is 460 g/mol. The van der Waals surface area contributed by atoms with E-state index in [1.54, 1.807) is 19.2 Å². The molecule has 33 heavy (non-hydrogen) atoms. The molecule has 8 nitrogen and oxygen atoms in total. The molecule has 2 aromatic rings. The lowest BCUT2D eigenvalue weighted by molar-refractivity contribution is -0.137. The molecule has 2 aromatic carbocycles. The van der Waals surface area contributed by atoms with E-state index in [1.807, 2.05) is 12.1 Å². The third-order valence-electron chi connectivity index (χ3n) is 5.04. The first kappa shape index (κ1) is 22.2. The van der Waals surface area contributed by atoms with Crippen LogP contribution in [-0.4, -0.2) is 48.0 Å². The summed E-state index contributed by atoms with van der Waals surface area (Å²) in [5, 5.41) is 2.43. The summed E-state index contributed by atoms with van der Waals surface area (Å²) in [4.78, 5) is 32.1. The van der Waals surface area contributed by atoms with Gasteiger partial charge in [0.25, 0.3) is 5.91 Å². The number of alkyl halides is 3. The molecule has 2 heterocycles. The van der Waals surface area contributed by atoms with Gasteiger partial charge in [0, 0.05) is 25.3 Å².